The van der Waals surface area contributed by atoms with E-state index in [1.807, 2.05) is 0 Å². The van der Waals surface area contributed by atoms with Crippen molar-refractivity contribution >= 4 is 5.91 Å². The van der Waals surface area contributed by atoms with Crippen LogP contribution in [0.3, 0.4) is 0 Å². The van der Waals surface area contributed by atoms with Crippen molar-refractivity contribution in [1.82, 2.24) is 10.9 Å². The van der Waals surface area contributed by atoms with Gasteiger partial charge in [-0.15, -0.1) is 0 Å². The molecule has 0 aliphatic carbocycles. The van der Waals surface area contributed by atoms with Crippen LogP contribution in [0.4, 0.5) is 0 Å². The summed E-state index contributed by atoms with van der Waals surface area (Å²) in [4.78, 5) is 10.8. The Hall–Kier alpha value is -0.830. The largest absolute Gasteiger partial charge is 0.288 e. The number of hydrogen-bond donors (Lipinski definition) is 2. The van der Waals surface area contributed by atoms with E-state index in [2.05, 4.69) is 24.4 Å². The lowest BCUT2D eigenvalue weighted by molar-refractivity contribution is -0.118. The summed E-state index contributed by atoms with van der Waals surface area (Å²) >= 11 is 0. The van der Waals surface area contributed by atoms with Gasteiger partial charge in [0.15, 0.2) is 0 Å². The summed E-state index contributed by atoms with van der Waals surface area (Å²) in [6.45, 7) is 8.09. The van der Waals surface area contributed by atoms with Gasteiger partial charge in [0.1, 0.15) is 0 Å². The second kappa shape index (κ2) is 5.92. The SMILES string of the molecule is C=C(C)C(=O)NNCCCC. The summed E-state index contributed by atoms with van der Waals surface area (Å²) in [6, 6.07) is 0. The van der Waals surface area contributed by atoms with Gasteiger partial charge < -0.3 is 0 Å². The molecule has 0 aromatic heterocycles. The molecule has 0 saturated carbocycles. The summed E-state index contributed by atoms with van der Waals surface area (Å²) in [5.41, 5.74) is 5.86. The Labute approximate surface area is 67.8 Å². The van der Waals surface area contributed by atoms with Crippen molar-refractivity contribution in [2.75, 3.05) is 6.54 Å². The van der Waals surface area contributed by atoms with Gasteiger partial charge in [-0.2, -0.15) is 0 Å². The highest BCUT2D eigenvalue weighted by Crippen LogP contribution is 1.84. The first kappa shape index (κ1) is 10.2. The van der Waals surface area contributed by atoms with Gasteiger partial charge in [-0.25, -0.2) is 5.43 Å². The number of rotatable bonds is 5. The Morgan fingerprint density at radius 2 is 2.18 bits per heavy atom. The van der Waals surface area contributed by atoms with E-state index in [1.165, 1.54) is 0 Å². The molecule has 0 aromatic rings. The molecule has 0 spiro atoms. The van der Waals surface area contributed by atoms with Gasteiger partial charge in [0.05, 0.1) is 0 Å². The predicted octanol–water partition coefficient (Wildman–Crippen LogP) is 0.983. The monoisotopic (exact) mass is 156 g/mol. The van der Waals surface area contributed by atoms with Crippen LogP contribution < -0.4 is 10.9 Å². The van der Waals surface area contributed by atoms with Crippen LogP contribution in [0.5, 0.6) is 0 Å². The number of nitrogens with one attached hydrogen (secondary N) is 2. The molecule has 64 valence electrons. The van der Waals surface area contributed by atoms with Crippen LogP contribution in [-0.4, -0.2) is 12.5 Å². The fraction of sp³-hybridized carbons (Fsp3) is 0.625. The average Bonchev–Trinajstić information content (AvgIpc) is 1.97. The minimum atomic E-state index is -0.138. The van der Waals surface area contributed by atoms with Gasteiger partial charge in [0.25, 0.3) is 5.91 Å². The number of carbonyl (C=O) groups is 1. The zero-order valence-electron chi connectivity index (χ0n) is 7.24. The minimum absolute atomic E-state index is 0.138. The van der Waals surface area contributed by atoms with E-state index >= 15 is 0 Å². The molecule has 0 aliphatic heterocycles. The topological polar surface area (TPSA) is 41.1 Å². The number of unbranched alkanes of at least 4 members (excludes halogenated alkanes) is 1. The van der Waals surface area contributed by atoms with Crippen molar-refractivity contribution in [1.29, 1.82) is 0 Å². The Morgan fingerprint density at radius 1 is 1.55 bits per heavy atom. The van der Waals surface area contributed by atoms with Crippen LogP contribution in [0.2, 0.25) is 0 Å². The zero-order valence-corrected chi connectivity index (χ0v) is 7.24. The molecule has 0 unspecified atom stereocenters. The van der Waals surface area contributed by atoms with Crippen molar-refractivity contribution in [3.05, 3.63) is 12.2 Å². The molecule has 0 heterocycles. The van der Waals surface area contributed by atoms with Crippen molar-refractivity contribution in [3.8, 4) is 0 Å². The summed E-state index contributed by atoms with van der Waals surface area (Å²) in [5.74, 6) is -0.138. The van der Waals surface area contributed by atoms with E-state index in [1.54, 1.807) is 6.92 Å². The summed E-state index contributed by atoms with van der Waals surface area (Å²) in [6.07, 6.45) is 2.19. The molecule has 0 atom stereocenters. The van der Waals surface area contributed by atoms with E-state index in [0.29, 0.717) is 5.57 Å². The average molecular weight is 156 g/mol. The van der Waals surface area contributed by atoms with Gasteiger partial charge in [0.2, 0.25) is 0 Å². The highest BCUT2D eigenvalue weighted by atomic mass is 16.2. The molecule has 3 nitrogen and oxygen atoms in total. The number of hydrazine groups is 1. The number of amides is 1. The maximum Gasteiger partial charge on any atom is 0.260 e. The molecule has 3 heteroatoms. The minimum Gasteiger partial charge on any atom is -0.288 e. The van der Waals surface area contributed by atoms with E-state index in [4.69, 9.17) is 0 Å². The summed E-state index contributed by atoms with van der Waals surface area (Å²) in [5, 5.41) is 0. The van der Waals surface area contributed by atoms with Crippen molar-refractivity contribution < 1.29 is 4.79 Å². The maximum atomic E-state index is 10.8. The molecule has 0 aromatic carbocycles. The van der Waals surface area contributed by atoms with Crippen LogP contribution in [0.25, 0.3) is 0 Å². The Balaban J connectivity index is 3.25. The van der Waals surface area contributed by atoms with E-state index in [9.17, 15) is 4.79 Å². The maximum absolute atomic E-state index is 10.8. The van der Waals surface area contributed by atoms with E-state index in [-0.39, 0.29) is 5.91 Å². The molecule has 0 bridgehead atoms. The molecular formula is C8H16N2O. The predicted molar refractivity (Wildman–Crippen MR) is 45.9 cm³/mol. The molecule has 0 fully saturated rings. The normalized spacial score (nSPS) is 9.27. The molecular weight excluding hydrogens is 140 g/mol. The lowest BCUT2D eigenvalue weighted by Crippen LogP contribution is -2.38. The Bertz CT molecular complexity index is 143. The molecule has 0 rings (SSSR count). The molecule has 11 heavy (non-hydrogen) atoms. The standard InChI is InChI=1S/C8H16N2O/c1-4-5-6-9-10-8(11)7(2)3/h9H,2,4-6H2,1,3H3,(H,10,11). The smallest absolute Gasteiger partial charge is 0.260 e. The van der Waals surface area contributed by atoms with Crippen LogP contribution in [0.15, 0.2) is 12.2 Å². The van der Waals surface area contributed by atoms with Crippen LogP contribution in [0, 0.1) is 0 Å². The summed E-state index contributed by atoms with van der Waals surface area (Å²) < 4.78 is 0. The highest BCUT2D eigenvalue weighted by molar-refractivity contribution is 5.91. The quantitative estimate of drug-likeness (QED) is 0.354. The second-order valence-corrected chi connectivity index (χ2v) is 2.51. The third-order valence-electron chi connectivity index (χ3n) is 1.24. The fourth-order valence-corrected chi connectivity index (χ4v) is 0.515. The lowest BCUT2D eigenvalue weighted by Gasteiger charge is -2.04. The molecule has 2 N–H and O–H groups in total. The third-order valence-corrected chi connectivity index (χ3v) is 1.24. The Morgan fingerprint density at radius 3 is 2.64 bits per heavy atom. The Kier molecular flexibility index (Phi) is 5.47. The summed E-state index contributed by atoms with van der Waals surface area (Å²) in [7, 11) is 0. The molecule has 0 aliphatic rings. The first-order chi connectivity index (χ1) is 5.18. The number of carbonyl (C=O) groups excluding carboxylic acids is 1. The van der Waals surface area contributed by atoms with Crippen LogP contribution in [0.1, 0.15) is 26.7 Å². The van der Waals surface area contributed by atoms with E-state index < -0.39 is 0 Å². The van der Waals surface area contributed by atoms with Gasteiger partial charge >= 0.3 is 0 Å². The number of hydrogen-bond acceptors (Lipinski definition) is 2. The van der Waals surface area contributed by atoms with E-state index in [0.717, 1.165) is 19.4 Å². The first-order valence-electron chi connectivity index (χ1n) is 3.87. The molecule has 1 amide bonds. The fourth-order valence-electron chi connectivity index (χ4n) is 0.515. The van der Waals surface area contributed by atoms with Crippen LogP contribution in [-0.2, 0) is 4.79 Å². The van der Waals surface area contributed by atoms with Crippen molar-refractivity contribution in [2.45, 2.75) is 26.7 Å². The van der Waals surface area contributed by atoms with Gasteiger partial charge in [-0.05, 0) is 13.3 Å². The van der Waals surface area contributed by atoms with Crippen molar-refractivity contribution in [2.24, 2.45) is 0 Å². The lowest BCUT2D eigenvalue weighted by atomic mass is 10.3. The van der Waals surface area contributed by atoms with Crippen molar-refractivity contribution in [3.63, 3.8) is 0 Å². The molecule has 0 saturated heterocycles. The molecule has 0 radical (unpaired) electrons. The van der Waals surface area contributed by atoms with Gasteiger partial charge in [-0.1, -0.05) is 19.9 Å². The highest BCUT2D eigenvalue weighted by Gasteiger charge is 1.97. The second-order valence-electron chi connectivity index (χ2n) is 2.51. The first-order valence-corrected chi connectivity index (χ1v) is 3.87. The van der Waals surface area contributed by atoms with Crippen LogP contribution >= 0.6 is 0 Å². The van der Waals surface area contributed by atoms with Gasteiger partial charge in [0, 0.05) is 12.1 Å². The zero-order chi connectivity index (χ0) is 8.69. The third kappa shape index (κ3) is 5.61. The van der Waals surface area contributed by atoms with Gasteiger partial charge in [-0.3, -0.25) is 10.2 Å².